The molecule has 7 nitrogen and oxygen atoms in total. The summed E-state index contributed by atoms with van der Waals surface area (Å²) in [5.41, 5.74) is 0.582. The molecule has 0 spiro atoms. The molecular weight excluding hydrogens is 340 g/mol. The van der Waals surface area contributed by atoms with Crippen molar-refractivity contribution in [1.82, 2.24) is 0 Å². The van der Waals surface area contributed by atoms with Crippen LogP contribution in [0.15, 0.2) is 30.3 Å². The molecule has 0 aliphatic carbocycles. The van der Waals surface area contributed by atoms with Crippen LogP contribution in [0.25, 0.3) is 6.08 Å². The molecule has 0 heterocycles. The van der Waals surface area contributed by atoms with Gasteiger partial charge in [0.15, 0.2) is 17.3 Å². The highest BCUT2D eigenvalue weighted by Gasteiger charge is 2.17. The summed E-state index contributed by atoms with van der Waals surface area (Å²) in [6.07, 6.45) is 2.81. The molecule has 2 aromatic carbocycles. The van der Waals surface area contributed by atoms with E-state index in [1.165, 1.54) is 40.6 Å². The Bertz CT molecular complexity index is 815. The summed E-state index contributed by atoms with van der Waals surface area (Å²) in [7, 11) is 5.83. The fourth-order valence-corrected chi connectivity index (χ4v) is 2.45. The third kappa shape index (κ3) is 3.83. The van der Waals surface area contributed by atoms with Crippen LogP contribution in [0, 0.1) is 0 Å². The van der Waals surface area contributed by atoms with Gasteiger partial charge in [0.1, 0.15) is 22.8 Å². The molecule has 0 aliphatic rings. The summed E-state index contributed by atoms with van der Waals surface area (Å²) in [5, 5.41) is 19.4. The van der Waals surface area contributed by atoms with Gasteiger partial charge >= 0.3 is 0 Å². The molecule has 0 radical (unpaired) electrons. The van der Waals surface area contributed by atoms with Crippen molar-refractivity contribution >= 4 is 11.9 Å². The van der Waals surface area contributed by atoms with E-state index in [4.69, 9.17) is 18.9 Å². The number of carbonyl (C=O) groups is 1. The van der Waals surface area contributed by atoms with Gasteiger partial charge in [-0.2, -0.15) is 0 Å². The van der Waals surface area contributed by atoms with E-state index in [2.05, 4.69) is 0 Å². The first-order chi connectivity index (χ1) is 12.4. The highest BCUT2D eigenvalue weighted by atomic mass is 16.5. The van der Waals surface area contributed by atoms with Crippen molar-refractivity contribution in [2.75, 3.05) is 28.4 Å². The minimum Gasteiger partial charge on any atom is -0.508 e. The van der Waals surface area contributed by atoms with Crippen LogP contribution in [0.5, 0.6) is 34.5 Å². The van der Waals surface area contributed by atoms with Crippen molar-refractivity contribution < 1.29 is 34.0 Å². The summed E-state index contributed by atoms with van der Waals surface area (Å²) >= 11 is 0. The standard InChI is InChI=1S/C19H20O7/c1-23-15-10-12(20)9-14(22)18(15)13(21)6-5-11-7-16(24-2)19(26-4)17(8-11)25-3/h5-10,20,22H,1-4H3/b6-5+. The smallest absolute Gasteiger partial charge is 0.203 e. The number of methoxy groups -OCH3 is 4. The molecule has 7 heteroatoms. The normalized spacial score (nSPS) is 10.6. The third-order valence-electron chi connectivity index (χ3n) is 3.65. The Morgan fingerprint density at radius 2 is 1.42 bits per heavy atom. The molecular formula is C19H20O7. The topological polar surface area (TPSA) is 94.5 Å². The number of hydrogen-bond donors (Lipinski definition) is 2. The highest BCUT2D eigenvalue weighted by Crippen LogP contribution is 2.39. The van der Waals surface area contributed by atoms with Crippen molar-refractivity contribution in [3.8, 4) is 34.5 Å². The first-order valence-electron chi connectivity index (χ1n) is 7.57. The zero-order valence-corrected chi connectivity index (χ0v) is 14.9. The number of rotatable bonds is 7. The van der Waals surface area contributed by atoms with Crippen LogP contribution in [0.1, 0.15) is 15.9 Å². The summed E-state index contributed by atoms with van der Waals surface area (Å²) in [5.74, 6) is 0.338. The Morgan fingerprint density at radius 3 is 1.92 bits per heavy atom. The van der Waals surface area contributed by atoms with Crippen molar-refractivity contribution in [3.05, 3.63) is 41.5 Å². The Kier molecular flexibility index (Phi) is 5.95. The predicted molar refractivity (Wildman–Crippen MR) is 95.8 cm³/mol. The Balaban J connectivity index is 2.40. The zero-order valence-electron chi connectivity index (χ0n) is 14.9. The van der Waals surface area contributed by atoms with Gasteiger partial charge in [-0.1, -0.05) is 6.08 Å². The summed E-state index contributed by atoms with van der Waals surface area (Å²) < 4.78 is 20.8. The van der Waals surface area contributed by atoms with Crippen LogP contribution in [-0.4, -0.2) is 44.4 Å². The zero-order chi connectivity index (χ0) is 19.3. The number of aromatic hydroxyl groups is 2. The molecule has 0 unspecified atom stereocenters. The van der Waals surface area contributed by atoms with Gasteiger partial charge in [0.05, 0.1) is 28.4 Å². The number of ether oxygens (including phenoxy) is 4. The molecule has 2 N–H and O–H groups in total. The van der Waals surface area contributed by atoms with Crippen molar-refractivity contribution in [2.45, 2.75) is 0 Å². The van der Waals surface area contributed by atoms with Crippen LogP contribution in [0.3, 0.4) is 0 Å². The lowest BCUT2D eigenvalue weighted by molar-refractivity contribution is 0.104. The summed E-state index contributed by atoms with van der Waals surface area (Å²) in [6.45, 7) is 0. The average Bonchev–Trinajstić information content (AvgIpc) is 2.64. The van der Waals surface area contributed by atoms with Gasteiger partial charge in [0, 0.05) is 12.1 Å². The number of phenolic OH excluding ortho intramolecular Hbond substituents is 2. The fourth-order valence-electron chi connectivity index (χ4n) is 2.45. The van der Waals surface area contributed by atoms with Gasteiger partial charge in [-0.05, 0) is 23.8 Å². The van der Waals surface area contributed by atoms with E-state index in [9.17, 15) is 15.0 Å². The van der Waals surface area contributed by atoms with Crippen LogP contribution in [-0.2, 0) is 0 Å². The van der Waals surface area contributed by atoms with E-state index in [0.717, 1.165) is 6.07 Å². The lowest BCUT2D eigenvalue weighted by Crippen LogP contribution is -2.00. The van der Waals surface area contributed by atoms with Gasteiger partial charge in [0.25, 0.3) is 0 Å². The molecule has 0 fully saturated rings. The van der Waals surface area contributed by atoms with Crippen molar-refractivity contribution in [3.63, 3.8) is 0 Å². The minimum atomic E-state index is -0.492. The molecule has 138 valence electrons. The van der Waals surface area contributed by atoms with Crippen molar-refractivity contribution in [1.29, 1.82) is 0 Å². The van der Waals surface area contributed by atoms with Gasteiger partial charge in [-0.3, -0.25) is 4.79 Å². The molecule has 0 atom stereocenters. The molecule has 26 heavy (non-hydrogen) atoms. The fraction of sp³-hybridized carbons (Fsp3) is 0.211. The molecule has 0 saturated heterocycles. The maximum Gasteiger partial charge on any atom is 0.203 e. The second-order valence-electron chi connectivity index (χ2n) is 5.20. The first-order valence-corrected chi connectivity index (χ1v) is 7.57. The van der Waals surface area contributed by atoms with E-state index in [0.29, 0.717) is 22.8 Å². The summed E-state index contributed by atoms with van der Waals surface area (Å²) in [4.78, 5) is 12.5. The number of benzene rings is 2. The van der Waals surface area contributed by atoms with Gasteiger partial charge in [-0.25, -0.2) is 0 Å². The predicted octanol–water partition coefficient (Wildman–Crippen LogP) is 3.03. The molecule has 0 aliphatic heterocycles. The van der Waals surface area contributed by atoms with Gasteiger partial charge < -0.3 is 29.2 Å². The maximum atomic E-state index is 12.5. The van der Waals surface area contributed by atoms with Crippen molar-refractivity contribution in [2.24, 2.45) is 0 Å². The number of phenols is 2. The molecule has 0 aromatic heterocycles. The average molecular weight is 360 g/mol. The Morgan fingerprint density at radius 1 is 0.846 bits per heavy atom. The quantitative estimate of drug-likeness (QED) is 0.579. The SMILES string of the molecule is COc1cc(/C=C/C(=O)c2c(O)cc(O)cc2OC)cc(OC)c1OC. The second-order valence-corrected chi connectivity index (χ2v) is 5.20. The van der Waals surface area contributed by atoms with Crippen LogP contribution < -0.4 is 18.9 Å². The number of allylic oxidation sites excluding steroid dienone is 1. The lowest BCUT2D eigenvalue weighted by atomic mass is 10.1. The van der Waals surface area contributed by atoms with E-state index < -0.39 is 5.78 Å². The van der Waals surface area contributed by atoms with Crippen LogP contribution in [0.2, 0.25) is 0 Å². The number of hydrogen-bond acceptors (Lipinski definition) is 7. The highest BCUT2D eigenvalue weighted by molar-refractivity contribution is 6.10. The molecule has 0 amide bonds. The number of carbonyl (C=O) groups excluding carboxylic acids is 1. The summed E-state index contributed by atoms with van der Waals surface area (Å²) in [6, 6.07) is 5.68. The van der Waals surface area contributed by atoms with E-state index in [-0.39, 0.29) is 22.8 Å². The lowest BCUT2D eigenvalue weighted by Gasteiger charge is -2.13. The van der Waals surface area contributed by atoms with Crippen LogP contribution >= 0.6 is 0 Å². The minimum absolute atomic E-state index is 0.0472. The van der Waals surface area contributed by atoms with Gasteiger partial charge in [-0.15, -0.1) is 0 Å². The first kappa shape index (κ1) is 19.0. The Hall–Kier alpha value is -3.35. The maximum absolute atomic E-state index is 12.5. The largest absolute Gasteiger partial charge is 0.508 e. The number of ketones is 1. The Labute approximate surface area is 151 Å². The molecule has 0 bridgehead atoms. The van der Waals surface area contributed by atoms with E-state index >= 15 is 0 Å². The monoisotopic (exact) mass is 360 g/mol. The third-order valence-corrected chi connectivity index (χ3v) is 3.65. The van der Waals surface area contributed by atoms with Crippen LogP contribution in [0.4, 0.5) is 0 Å². The van der Waals surface area contributed by atoms with Gasteiger partial charge in [0.2, 0.25) is 5.75 Å². The van der Waals surface area contributed by atoms with E-state index in [1.54, 1.807) is 18.2 Å². The second kappa shape index (κ2) is 8.15. The van der Waals surface area contributed by atoms with E-state index in [1.807, 2.05) is 0 Å². The molecule has 2 rings (SSSR count). The molecule has 2 aromatic rings. The molecule has 0 saturated carbocycles.